The van der Waals surface area contributed by atoms with Crippen LogP contribution in [0.3, 0.4) is 0 Å². The molecule has 0 fully saturated rings. The Morgan fingerprint density at radius 3 is 2.77 bits per heavy atom. The zero-order valence-electron chi connectivity index (χ0n) is 11.9. The Labute approximate surface area is 131 Å². The summed E-state index contributed by atoms with van der Waals surface area (Å²) in [6, 6.07) is 9.67. The molecule has 6 nitrogen and oxygen atoms in total. The third-order valence-corrected chi connectivity index (χ3v) is 4.11. The highest BCUT2D eigenvalue weighted by Gasteiger charge is 2.17. The van der Waals surface area contributed by atoms with E-state index in [1.54, 1.807) is 6.33 Å². The Bertz CT molecular complexity index is 795. The minimum Gasteiger partial charge on any atom is -0.465 e. The average molecular weight is 314 g/mol. The molecule has 2 heterocycles. The molecule has 0 bridgehead atoms. The van der Waals surface area contributed by atoms with Crippen molar-refractivity contribution in [2.45, 2.75) is 13.5 Å². The van der Waals surface area contributed by atoms with Crippen LogP contribution in [0.25, 0.3) is 21.8 Å². The number of anilines is 1. The molecule has 0 radical (unpaired) electrons. The number of rotatable bonds is 4. The molecule has 2 N–H and O–H groups in total. The largest absolute Gasteiger partial charge is 0.465 e. The van der Waals surface area contributed by atoms with E-state index in [-0.39, 0.29) is 0 Å². The minimum absolute atomic E-state index is 0.340. The third-order valence-electron chi connectivity index (χ3n) is 3.12. The fourth-order valence-corrected chi connectivity index (χ4v) is 3.02. The lowest BCUT2D eigenvalue weighted by Crippen LogP contribution is -2.06. The van der Waals surface area contributed by atoms with Gasteiger partial charge >= 0.3 is 6.09 Å². The Morgan fingerprint density at radius 2 is 2.14 bits per heavy atom. The molecule has 2 aromatic heterocycles. The van der Waals surface area contributed by atoms with E-state index < -0.39 is 6.09 Å². The minimum atomic E-state index is -1.13. The van der Waals surface area contributed by atoms with Crippen molar-refractivity contribution in [2.24, 2.45) is 0 Å². The van der Waals surface area contributed by atoms with Crippen molar-refractivity contribution in [3.05, 3.63) is 42.9 Å². The number of nitrogens with one attached hydrogen (secondary N) is 1. The molecule has 0 aliphatic heterocycles. The van der Waals surface area contributed by atoms with Crippen LogP contribution in [0, 0.1) is 0 Å². The molecule has 0 saturated heterocycles. The Hall–Kier alpha value is -2.67. The maximum atomic E-state index is 10.8. The number of thiazole rings is 1. The summed E-state index contributed by atoms with van der Waals surface area (Å²) in [5.41, 5.74) is 2.45. The zero-order valence-corrected chi connectivity index (χ0v) is 12.7. The van der Waals surface area contributed by atoms with Crippen molar-refractivity contribution >= 4 is 22.6 Å². The number of amides is 1. The lowest BCUT2D eigenvalue weighted by Gasteiger charge is -1.99. The third kappa shape index (κ3) is 2.84. The summed E-state index contributed by atoms with van der Waals surface area (Å²) in [6.07, 6.45) is 2.57. The number of aromatic nitrogens is 3. The van der Waals surface area contributed by atoms with Crippen molar-refractivity contribution in [3.8, 4) is 21.8 Å². The monoisotopic (exact) mass is 314 g/mol. The summed E-state index contributed by atoms with van der Waals surface area (Å²) >= 11 is 1.28. The molecular weight excluding hydrogens is 300 g/mol. The van der Waals surface area contributed by atoms with E-state index in [0.29, 0.717) is 5.13 Å². The van der Waals surface area contributed by atoms with E-state index in [9.17, 15) is 4.79 Å². The summed E-state index contributed by atoms with van der Waals surface area (Å²) in [5.74, 6) is 0. The Kier molecular flexibility index (Phi) is 3.88. The second-order valence-electron chi connectivity index (χ2n) is 4.58. The van der Waals surface area contributed by atoms with Crippen LogP contribution in [0.4, 0.5) is 9.93 Å². The first-order valence-electron chi connectivity index (χ1n) is 6.75. The lowest BCUT2D eigenvalue weighted by atomic mass is 10.1. The van der Waals surface area contributed by atoms with Gasteiger partial charge in [-0.2, -0.15) is 0 Å². The van der Waals surface area contributed by atoms with E-state index in [4.69, 9.17) is 5.11 Å². The highest BCUT2D eigenvalue weighted by molar-refractivity contribution is 7.19. The van der Waals surface area contributed by atoms with Crippen LogP contribution >= 0.6 is 11.3 Å². The number of carbonyl (C=O) groups is 1. The van der Waals surface area contributed by atoms with Gasteiger partial charge in [-0.05, 0) is 6.92 Å². The van der Waals surface area contributed by atoms with Gasteiger partial charge < -0.3 is 9.67 Å². The second kappa shape index (κ2) is 5.98. The molecule has 7 heteroatoms. The van der Waals surface area contributed by atoms with Gasteiger partial charge in [0.15, 0.2) is 5.13 Å². The molecule has 22 heavy (non-hydrogen) atoms. The standard InChI is InChI=1S/C15H14N4O2S/c1-2-19-8-11(16-9-19)13-12(10-6-4-3-5-7-10)17-14(22-13)18-15(20)21/h3-9H,2H2,1H3,(H,17,18)(H,20,21). The van der Waals surface area contributed by atoms with E-state index in [1.165, 1.54) is 11.3 Å². The van der Waals surface area contributed by atoms with Crippen LogP contribution in [0.15, 0.2) is 42.9 Å². The smallest absolute Gasteiger partial charge is 0.410 e. The normalized spacial score (nSPS) is 10.6. The molecule has 1 aromatic carbocycles. The van der Waals surface area contributed by atoms with Gasteiger partial charge in [0.25, 0.3) is 0 Å². The lowest BCUT2D eigenvalue weighted by molar-refractivity contribution is 0.209. The van der Waals surface area contributed by atoms with Crippen molar-refractivity contribution in [2.75, 3.05) is 5.32 Å². The van der Waals surface area contributed by atoms with Crippen LogP contribution in [0.5, 0.6) is 0 Å². The maximum Gasteiger partial charge on any atom is 0.410 e. The number of carboxylic acid groups (broad SMARTS) is 1. The van der Waals surface area contributed by atoms with E-state index in [2.05, 4.69) is 15.3 Å². The molecular formula is C15H14N4O2S. The van der Waals surface area contributed by atoms with Crippen LogP contribution in [-0.2, 0) is 6.54 Å². The van der Waals surface area contributed by atoms with Crippen molar-refractivity contribution in [3.63, 3.8) is 0 Å². The number of nitrogens with zero attached hydrogens (tertiary/aromatic N) is 3. The van der Waals surface area contributed by atoms with Gasteiger partial charge in [-0.3, -0.25) is 5.32 Å². The number of benzene rings is 1. The van der Waals surface area contributed by atoms with E-state index >= 15 is 0 Å². The highest BCUT2D eigenvalue weighted by Crippen LogP contribution is 2.38. The van der Waals surface area contributed by atoms with Gasteiger partial charge in [-0.15, -0.1) is 0 Å². The number of imidazole rings is 1. The van der Waals surface area contributed by atoms with Gasteiger partial charge in [0.05, 0.1) is 16.9 Å². The molecule has 0 spiro atoms. The van der Waals surface area contributed by atoms with Gasteiger partial charge in [0, 0.05) is 18.3 Å². The van der Waals surface area contributed by atoms with Crippen LogP contribution in [0.1, 0.15) is 6.92 Å². The van der Waals surface area contributed by atoms with Gasteiger partial charge in [-0.1, -0.05) is 41.7 Å². The average Bonchev–Trinajstić information content (AvgIpc) is 3.13. The maximum absolute atomic E-state index is 10.8. The molecule has 1 amide bonds. The van der Waals surface area contributed by atoms with Gasteiger partial charge in [0.2, 0.25) is 0 Å². The molecule has 112 valence electrons. The topological polar surface area (TPSA) is 80.0 Å². The molecule has 3 aromatic rings. The van der Waals surface area contributed by atoms with Crippen molar-refractivity contribution < 1.29 is 9.90 Å². The van der Waals surface area contributed by atoms with E-state index in [0.717, 1.165) is 28.4 Å². The fraction of sp³-hybridized carbons (Fsp3) is 0.133. The summed E-state index contributed by atoms with van der Waals surface area (Å²) in [4.78, 5) is 20.5. The molecule has 0 atom stereocenters. The molecule has 0 aliphatic carbocycles. The summed E-state index contributed by atoms with van der Waals surface area (Å²) in [5, 5.41) is 11.5. The first-order chi connectivity index (χ1) is 10.7. The second-order valence-corrected chi connectivity index (χ2v) is 5.58. The Balaban J connectivity index is 2.10. The molecule has 0 aliphatic rings. The van der Waals surface area contributed by atoms with Crippen molar-refractivity contribution in [1.82, 2.24) is 14.5 Å². The first kappa shape index (κ1) is 14.3. The van der Waals surface area contributed by atoms with Crippen LogP contribution in [-0.4, -0.2) is 25.7 Å². The molecule has 0 saturated carbocycles. The van der Waals surface area contributed by atoms with Crippen molar-refractivity contribution in [1.29, 1.82) is 0 Å². The number of hydrogen-bond donors (Lipinski definition) is 2. The van der Waals surface area contributed by atoms with Crippen LogP contribution < -0.4 is 5.32 Å². The predicted octanol–water partition coefficient (Wildman–Crippen LogP) is 3.78. The number of aryl methyl sites for hydroxylation is 1. The quantitative estimate of drug-likeness (QED) is 0.768. The summed E-state index contributed by atoms with van der Waals surface area (Å²) in [6.45, 7) is 2.86. The Morgan fingerprint density at radius 1 is 1.36 bits per heavy atom. The summed E-state index contributed by atoms with van der Waals surface area (Å²) < 4.78 is 1.97. The molecule has 0 unspecified atom stereocenters. The molecule has 3 rings (SSSR count). The first-order valence-corrected chi connectivity index (χ1v) is 7.57. The fourth-order valence-electron chi connectivity index (χ4n) is 2.08. The number of hydrogen-bond acceptors (Lipinski definition) is 4. The van der Waals surface area contributed by atoms with E-state index in [1.807, 2.05) is 48.0 Å². The van der Waals surface area contributed by atoms with Gasteiger partial charge in [0.1, 0.15) is 5.69 Å². The summed E-state index contributed by atoms with van der Waals surface area (Å²) in [7, 11) is 0. The zero-order chi connectivity index (χ0) is 15.5. The van der Waals surface area contributed by atoms with Gasteiger partial charge in [-0.25, -0.2) is 14.8 Å². The van der Waals surface area contributed by atoms with Crippen LogP contribution in [0.2, 0.25) is 0 Å². The predicted molar refractivity (Wildman–Crippen MR) is 86.1 cm³/mol. The highest BCUT2D eigenvalue weighted by atomic mass is 32.1. The SMILES string of the molecule is CCn1cnc(-c2sc(NC(=O)O)nc2-c2ccccc2)c1.